The van der Waals surface area contributed by atoms with Crippen LogP contribution in [0.25, 0.3) is 35.1 Å². The van der Waals surface area contributed by atoms with Crippen LogP contribution in [0.15, 0.2) is 78.4 Å². The molecule has 1 atom stereocenters. The highest BCUT2D eigenvalue weighted by molar-refractivity contribution is 5.94. The maximum atomic E-state index is 6.80. The lowest BCUT2D eigenvalue weighted by atomic mass is 9.69. The molecule has 6 nitrogen and oxygen atoms in total. The lowest BCUT2D eigenvalue weighted by Crippen LogP contribution is -2.48. The zero-order valence-corrected chi connectivity index (χ0v) is 27.7. The van der Waals surface area contributed by atoms with Crippen molar-refractivity contribution in [1.29, 1.82) is 0 Å². The van der Waals surface area contributed by atoms with Gasteiger partial charge in [0, 0.05) is 47.9 Å². The van der Waals surface area contributed by atoms with E-state index in [9.17, 15) is 0 Å². The highest BCUT2D eigenvalue weighted by Gasteiger charge is 2.35. The van der Waals surface area contributed by atoms with Gasteiger partial charge in [-0.1, -0.05) is 66.8 Å². The second-order valence-corrected chi connectivity index (χ2v) is 13.5. The Labute approximate surface area is 281 Å². The summed E-state index contributed by atoms with van der Waals surface area (Å²) in [6.07, 6.45) is 14.0. The van der Waals surface area contributed by atoms with Crippen molar-refractivity contribution in [3.05, 3.63) is 116 Å². The van der Waals surface area contributed by atoms with E-state index in [2.05, 4.69) is 101 Å². The molecule has 4 aromatic rings. The van der Waals surface area contributed by atoms with Crippen LogP contribution >= 0.6 is 0 Å². The minimum atomic E-state index is -0.323. The highest BCUT2D eigenvalue weighted by atomic mass is 16.7. The molecule has 0 N–H and O–H groups in total. The first-order valence-corrected chi connectivity index (χ1v) is 17.5. The third kappa shape index (κ3) is 4.84. The Balaban J connectivity index is 1.33. The van der Waals surface area contributed by atoms with Crippen LogP contribution in [0.3, 0.4) is 0 Å². The van der Waals surface area contributed by atoms with Crippen LogP contribution in [-0.4, -0.2) is 64.6 Å². The second kappa shape index (κ2) is 12.2. The van der Waals surface area contributed by atoms with E-state index in [0.717, 1.165) is 87.1 Å². The van der Waals surface area contributed by atoms with Crippen LogP contribution in [0.4, 0.5) is 5.69 Å². The van der Waals surface area contributed by atoms with Crippen molar-refractivity contribution in [2.24, 2.45) is 0 Å². The summed E-state index contributed by atoms with van der Waals surface area (Å²) in [5, 5.41) is 7.53. The fourth-order valence-electron chi connectivity index (χ4n) is 8.50. The van der Waals surface area contributed by atoms with Crippen molar-refractivity contribution in [3.8, 4) is 5.75 Å². The second-order valence-electron chi connectivity index (χ2n) is 13.5. The summed E-state index contributed by atoms with van der Waals surface area (Å²) in [7, 11) is 1.71. The van der Waals surface area contributed by atoms with Crippen molar-refractivity contribution in [1.82, 2.24) is 4.90 Å². The van der Waals surface area contributed by atoms with E-state index in [1.54, 1.807) is 7.11 Å². The van der Waals surface area contributed by atoms with Gasteiger partial charge in [-0.05, 0) is 87.7 Å². The molecule has 6 heteroatoms. The van der Waals surface area contributed by atoms with E-state index in [0.29, 0.717) is 19.2 Å². The minimum absolute atomic E-state index is 0.323. The zero-order chi connectivity index (χ0) is 32.1. The van der Waals surface area contributed by atoms with Gasteiger partial charge < -0.3 is 28.7 Å². The lowest BCUT2D eigenvalue weighted by Gasteiger charge is -2.35. The molecule has 0 radical (unpaired) electrons. The summed E-state index contributed by atoms with van der Waals surface area (Å²) in [5.74, 6) is 1.46. The number of benzene rings is 4. The van der Waals surface area contributed by atoms with E-state index in [4.69, 9.17) is 18.9 Å². The first kappa shape index (κ1) is 29.6. The molecule has 3 heterocycles. The number of ether oxygens (including phenoxy) is 4. The number of fused-ring (bicyclic) bond motifs is 8. The number of allylic oxidation sites excluding steroid dienone is 1. The maximum Gasteiger partial charge on any atom is 0.309 e. The number of rotatable bonds is 5. The molecule has 9 rings (SSSR count). The Morgan fingerprint density at radius 1 is 0.729 bits per heavy atom. The quantitative estimate of drug-likeness (QED) is 0.329. The Bertz CT molecular complexity index is 2160. The molecule has 3 aliphatic heterocycles. The van der Waals surface area contributed by atoms with Gasteiger partial charge in [0.05, 0.1) is 33.5 Å². The standard InChI is InChI=1S/C42H42N2O4/c1-45-41-38(44-21-25-47-26-22-44)27-36-34-17-18-42(30-8-3-2-4-9-30,31-12-14-32(15-13-31)43-19-23-46-24-20-43)28-37(34)39-33-10-6-5-7-29(33)11-16-35(39)40(36)48-41/h2-4,7-9,11-17,27-28H,5-6,10,18-26H2,1H3. The normalized spacial score (nSPS) is 21.9. The van der Waals surface area contributed by atoms with Gasteiger partial charge >= 0.3 is 5.95 Å². The van der Waals surface area contributed by atoms with Gasteiger partial charge in [-0.2, -0.15) is 0 Å². The summed E-state index contributed by atoms with van der Waals surface area (Å²) in [6, 6.07) is 25.0. The molecule has 1 unspecified atom stereocenters. The molecule has 4 aromatic carbocycles. The fraction of sp³-hybridized carbons (Fsp3) is 0.333. The van der Waals surface area contributed by atoms with E-state index in [1.807, 2.05) is 0 Å². The Morgan fingerprint density at radius 3 is 2.21 bits per heavy atom. The first-order valence-electron chi connectivity index (χ1n) is 17.5. The number of methoxy groups -OCH3 is 1. The van der Waals surface area contributed by atoms with E-state index in [1.165, 1.54) is 43.4 Å². The van der Waals surface area contributed by atoms with E-state index >= 15 is 0 Å². The molecule has 0 saturated carbocycles. The molecule has 48 heavy (non-hydrogen) atoms. The predicted octanol–water partition coefficient (Wildman–Crippen LogP) is 4.06. The fourth-order valence-corrected chi connectivity index (χ4v) is 8.50. The highest BCUT2D eigenvalue weighted by Crippen LogP contribution is 2.40. The summed E-state index contributed by atoms with van der Waals surface area (Å²) in [4.78, 5) is 4.77. The Morgan fingerprint density at radius 2 is 1.46 bits per heavy atom. The van der Waals surface area contributed by atoms with Crippen molar-refractivity contribution in [2.45, 2.75) is 31.1 Å². The molecule has 2 saturated heterocycles. The van der Waals surface area contributed by atoms with Crippen LogP contribution in [0, 0.1) is 0 Å². The molecule has 2 fully saturated rings. The number of morpholine rings is 2. The SMILES string of the molecule is COC1=C(N2CCOCC2)C=c2c(c3ccc4c(c3c3c2=CCC(c2ccccc2)(c2ccc(N5CCOCC5)cc2)C=3)CCCC=4)O1. The average molecular weight is 639 g/mol. The van der Waals surface area contributed by atoms with Crippen LogP contribution in [0.2, 0.25) is 0 Å². The largest absolute Gasteiger partial charge is 0.467 e. The number of aryl methyl sites for hydroxylation is 1. The number of hydrogen-bond acceptors (Lipinski definition) is 6. The number of anilines is 1. The van der Waals surface area contributed by atoms with Crippen LogP contribution in [0.1, 0.15) is 36.0 Å². The Kier molecular flexibility index (Phi) is 7.51. The van der Waals surface area contributed by atoms with Crippen molar-refractivity contribution in [3.63, 3.8) is 0 Å². The third-order valence-corrected chi connectivity index (χ3v) is 11.0. The summed E-state index contributed by atoms with van der Waals surface area (Å²) >= 11 is 0. The number of hydrogen-bond donors (Lipinski definition) is 0. The molecular weight excluding hydrogens is 596 g/mol. The van der Waals surface area contributed by atoms with Crippen molar-refractivity contribution in [2.75, 3.05) is 64.6 Å². The smallest absolute Gasteiger partial charge is 0.309 e. The molecule has 5 aliphatic rings. The molecule has 0 aromatic heterocycles. The van der Waals surface area contributed by atoms with Gasteiger partial charge in [-0.15, -0.1) is 0 Å². The first-order chi connectivity index (χ1) is 23.7. The number of nitrogens with zero attached hydrogens (tertiary/aromatic N) is 2. The van der Waals surface area contributed by atoms with Gasteiger partial charge in [-0.3, -0.25) is 0 Å². The van der Waals surface area contributed by atoms with Gasteiger partial charge in [0.15, 0.2) is 0 Å². The van der Waals surface area contributed by atoms with Crippen molar-refractivity contribution >= 4 is 40.8 Å². The molecule has 0 amide bonds. The van der Waals surface area contributed by atoms with Crippen LogP contribution in [0.5, 0.6) is 5.75 Å². The topological polar surface area (TPSA) is 43.4 Å². The summed E-state index contributed by atoms with van der Waals surface area (Å²) in [5.41, 5.74) is 5.98. The monoisotopic (exact) mass is 638 g/mol. The van der Waals surface area contributed by atoms with Crippen LogP contribution in [-0.2, 0) is 26.0 Å². The van der Waals surface area contributed by atoms with Gasteiger partial charge in [0.1, 0.15) is 11.4 Å². The zero-order valence-electron chi connectivity index (χ0n) is 27.7. The Hall–Kier alpha value is -4.52. The predicted molar refractivity (Wildman–Crippen MR) is 192 cm³/mol. The minimum Gasteiger partial charge on any atom is -0.467 e. The lowest BCUT2D eigenvalue weighted by molar-refractivity contribution is 0.0471. The maximum absolute atomic E-state index is 6.80. The van der Waals surface area contributed by atoms with Crippen LogP contribution < -0.4 is 30.5 Å². The van der Waals surface area contributed by atoms with Gasteiger partial charge in [0.2, 0.25) is 0 Å². The summed E-state index contributed by atoms with van der Waals surface area (Å²) < 4.78 is 24.1. The van der Waals surface area contributed by atoms with E-state index in [-0.39, 0.29) is 5.41 Å². The molecule has 0 spiro atoms. The summed E-state index contributed by atoms with van der Waals surface area (Å²) in [6.45, 7) is 6.44. The average Bonchev–Trinajstić information content (AvgIpc) is 3.18. The van der Waals surface area contributed by atoms with Gasteiger partial charge in [0.25, 0.3) is 0 Å². The van der Waals surface area contributed by atoms with Gasteiger partial charge in [-0.25, -0.2) is 0 Å². The molecule has 0 bridgehead atoms. The molecule has 244 valence electrons. The molecular formula is C42H42N2O4. The van der Waals surface area contributed by atoms with E-state index < -0.39 is 0 Å². The molecule has 2 aliphatic carbocycles. The van der Waals surface area contributed by atoms with Crippen molar-refractivity contribution < 1.29 is 18.9 Å². The third-order valence-electron chi connectivity index (χ3n) is 11.0.